The number of para-hydroxylation sites is 1. The average molecular weight is 271 g/mol. The van der Waals surface area contributed by atoms with Gasteiger partial charge in [-0.25, -0.2) is 0 Å². The standard InChI is InChI=1S/C17H21NS/c1-17(2,3)14-7-4-6-12-10-13(11-18-16(12)14)15-8-5-9-19-15/h4-9,13,18H,10-11H2,1-3H3. The zero-order valence-corrected chi connectivity index (χ0v) is 12.7. The molecule has 100 valence electrons. The maximum absolute atomic E-state index is 3.68. The van der Waals surface area contributed by atoms with Crippen LogP contribution in [0, 0.1) is 0 Å². The summed E-state index contributed by atoms with van der Waals surface area (Å²) in [4.78, 5) is 1.50. The van der Waals surface area contributed by atoms with Crippen molar-refractivity contribution in [2.45, 2.75) is 38.5 Å². The SMILES string of the molecule is CC(C)(C)c1cccc2c1NCC(c1cccs1)C2. The van der Waals surface area contributed by atoms with Gasteiger partial charge in [0.15, 0.2) is 0 Å². The number of nitrogens with one attached hydrogen (secondary N) is 1. The van der Waals surface area contributed by atoms with E-state index in [1.165, 1.54) is 21.7 Å². The van der Waals surface area contributed by atoms with E-state index >= 15 is 0 Å². The van der Waals surface area contributed by atoms with Crippen LogP contribution in [-0.4, -0.2) is 6.54 Å². The molecule has 1 aromatic heterocycles. The predicted molar refractivity (Wildman–Crippen MR) is 84.4 cm³/mol. The molecule has 2 heterocycles. The highest BCUT2D eigenvalue weighted by molar-refractivity contribution is 7.10. The van der Waals surface area contributed by atoms with Crippen LogP contribution >= 0.6 is 11.3 Å². The van der Waals surface area contributed by atoms with Gasteiger partial charge in [-0.3, -0.25) is 0 Å². The molecule has 0 saturated heterocycles. The van der Waals surface area contributed by atoms with Gasteiger partial charge < -0.3 is 5.32 Å². The van der Waals surface area contributed by atoms with Crippen LogP contribution in [0.3, 0.4) is 0 Å². The second kappa shape index (κ2) is 4.68. The van der Waals surface area contributed by atoms with Crippen molar-refractivity contribution in [1.82, 2.24) is 0 Å². The van der Waals surface area contributed by atoms with E-state index in [0.717, 1.165) is 13.0 Å². The Bertz CT molecular complexity index is 563. The van der Waals surface area contributed by atoms with Crippen molar-refractivity contribution in [3.05, 3.63) is 51.7 Å². The number of hydrogen-bond donors (Lipinski definition) is 1. The second-order valence-corrected chi connectivity index (χ2v) is 7.37. The van der Waals surface area contributed by atoms with Gasteiger partial charge in [0.05, 0.1) is 0 Å². The Hall–Kier alpha value is -1.28. The van der Waals surface area contributed by atoms with E-state index in [0.29, 0.717) is 5.92 Å². The molecule has 0 amide bonds. The van der Waals surface area contributed by atoms with Crippen LogP contribution in [0.15, 0.2) is 35.7 Å². The lowest BCUT2D eigenvalue weighted by molar-refractivity contribution is 0.586. The van der Waals surface area contributed by atoms with E-state index in [-0.39, 0.29) is 5.41 Å². The van der Waals surface area contributed by atoms with E-state index in [1.807, 2.05) is 11.3 Å². The molecule has 1 N–H and O–H groups in total. The van der Waals surface area contributed by atoms with Gasteiger partial charge in [0.1, 0.15) is 0 Å². The Morgan fingerprint density at radius 2 is 2.00 bits per heavy atom. The first-order valence-electron chi connectivity index (χ1n) is 6.95. The lowest BCUT2D eigenvalue weighted by atomic mass is 9.81. The summed E-state index contributed by atoms with van der Waals surface area (Å²) in [5.41, 5.74) is 4.49. The molecule has 3 rings (SSSR count). The van der Waals surface area contributed by atoms with Crippen LogP contribution in [0.4, 0.5) is 5.69 Å². The Morgan fingerprint density at radius 3 is 2.68 bits per heavy atom. The first-order chi connectivity index (χ1) is 9.05. The van der Waals surface area contributed by atoms with E-state index in [1.54, 1.807) is 0 Å². The van der Waals surface area contributed by atoms with Gasteiger partial charge in [-0.1, -0.05) is 45.0 Å². The molecule has 2 aromatic rings. The fourth-order valence-electron chi connectivity index (χ4n) is 2.89. The van der Waals surface area contributed by atoms with Crippen molar-refractivity contribution in [1.29, 1.82) is 0 Å². The lowest BCUT2D eigenvalue weighted by Gasteiger charge is -2.31. The molecule has 1 aliphatic rings. The van der Waals surface area contributed by atoms with Crippen LogP contribution in [0.2, 0.25) is 0 Å². The summed E-state index contributed by atoms with van der Waals surface area (Å²) in [6.45, 7) is 7.92. The van der Waals surface area contributed by atoms with Crippen molar-refractivity contribution in [3.8, 4) is 0 Å². The topological polar surface area (TPSA) is 12.0 Å². The highest BCUT2D eigenvalue weighted by Gasteiger charge is 2.25. The highest BCUT2D eigenvalue weighted by atomic mass is 32.1. The third-order valence-corrected chi connectivity index (χ3v) is 4.93. The highest BCUT2D eigenvalue weighted by Crippen LogP contribution is 2.38. The van der Waals surface area contributed by atoms with Gasteiger partial charge in [-0.2, -0.15) is 0 Å². The molecule has 0 bridgehead atoms. The molecule has 19 heavy (non-hydrogen) atoms. The summed E-state index contributed by atoms with van der Waals surface area (Å²) in [6, 6.07) is 11.2. The van der Waals surface area contributed by atoms with Crippen molar-refractivity contribution in [2.24, 2.45) is 0 Å². The first-order valence-corrected chi connectivity index (χ1v) is 7.83. The quantitative estimate of drug-likeness (QED) is 0.785. The zero-order valence-electron chi connectivity index (χ0n) is 11.9. The van der Waals surface area contributed by atoms with Gasteiger partial charge in [0.25, 0.3) is 0 Å². The third kappa shape index (κ3) is 2.42. The average Bonchev–Trinajstić information content (AvgIpc) is 2.90. The van der Waals surface area contributed by atoms with Crippen molar-refractivity contribution in [3.63, 3.8) is 0 Å². The molecule has 0 radical (unpaired) electrons. The molecule has 0 aliphatic carbocycles. The van der Waals surface area contributed by atoms with E-state index < -0.39 is 0 Å². The van der Waals surface area contributed by atoms with Gasteiger partial charge in [0.2, 0.25) is 0 Å². The van der Waals surface area contributed by atoms with Crippen LogP contribution in [0.5, 0.6) is 0 Å². The molecule has 1 aliphatic heterocycles. The molecule has 0 saturated carbocycles. The monoisotopic (exact) mass is 271 g/mol. The molecular formula is C17H21NS. The number of hydrogen-bond acceptors (Lipinski definition) is 2. The summed E-state index contributed by atoms with van der Waals surface area (Å²) in [6.07, 6.45) is 1.16. The number of rotatable bonds is 1. The number of benzene rings is 1. The minimum atomic E-state index is 0.202. The molecule has 2 heteroatoms. The second-order valence-electron chi connectivity index (χ2n) is 6.39. The molecule has 1 atom stereocenters. The Morgan fingerprint density at radius 1 is 1.16 bits per heavy atom. The minimum absolute atomic E-state index is 0.202. The lowest BCUT2D eigenvalue weighted by Crippen LogP contribution is -2.24. The zero-order chi connectivity index (χ0) is 13.5. The van der Waals surface area contributed by atoms with Crippen LogP contribution in [0.1, 0.15) is 42.7 Å². The van der Waals surface area contributed by atoms with Crippen molar-refractivity contribution in [2.75, 3.05) is 11.9 Å². The summed E-state index contributed by atoms with van der Waals surface area (Å²) >= 11 is 1.87. The number of thiophene rings is 1. The summed E-state index contributed by atoms with van der Waals surface area (Å²) in [5.74, 6) is 0.628. The fraction of sp³-hybridized carbons (Fsp3) is 0.412. The van der Waals surface area contributed by atoms with Crippen molar-refractivity contribution < 1.29 is 0 Å². The predicted octanol–water partition coefficient (Wildman–Crippen LogP) is 4.80. The summed E-state index contributed by atoms with van der Waals surface area (Å²) in [5, 5.41) is 5.86. The van der Waals surface area contributed by atoms with Crippen molar-refractivity contribution >= 4 is 17.0 Å². The Kier molecular flexibility index (Phi) is 3.14. The maximum Gasteiger partial charge on any atom is 0.0411 e. The van der Waals surface area contributed by atoms with Crippen LogP contribution < -0.4 is 5.32 Å². The molecule has 1 nitrogen and oxygen atoms in total. The normalized spacial score (nSPS) is 18.8. The summed E-state index contributed by atoms with van der Waals surface area (Å²) in [7, 11) is 0. The Labute approximate surface area is 119 Å². The summed E-state index contributed by atoms with van der Waals surface area (Å²) < 4.78 is 0. The first kappa shape index (κ1) is 12.7. The Balaban J connectivity index is 1.95. The number of fused-ring (bicyclic) bond motifs is 1. The van der Waals surface area contributed by atoms with Crippen LogP contribution in [0.25, 0.3) is 0 Å². The number of anilines is 1. The van der Waals surface area contributed by atoms with Gasteiger partial charge in [0, 0.05) is 23.0 Å². The molecular weight excluding hydrogens is 250 g/mol. The van der Waals surface area contributed by atoms with E-state index in [4.69, 9.17) is 0 Å². The van der Waals surface area contributed by atoms with Gasteiger partial charge >= 0.3 is 0 Å². The van der Waals surface area contributed by atoms with Crippen LogP contribution in [-0.2, 0) is 11.8 Å². The largest absolute Gasteiger partial charge is 0.384 e. The fourth-order valence-corrected chi connectivity index (χ4v) is 3.72. The van der Waals surface area contributed by atoms with E-state index in [2.05, 4.69) is 61.8 Å². The molecule has 1 unspecified atom stereocenters. The van der Waals surface area contributed by atoms with Gasteiger partial charge in [-0.05, 0) is 34.4 Å². The molecule has 1 aromatic carbocycles. The third-order valence-electron chi connectivity index (χ3n) is 3.90. The molecule has 0 spiro atoms. The molecule has 0 fully saturated rings. The van der Waals surface area contributed by atoms with Gasteiger partial charge in [-0.15, -0.1) is 11.3 Å². The smallest absolute Gasteiger partial charge is 0.0411 e. The maximum atomic E-state index is 3.68. The minimum Gasteiger partial charge on any atom is -0.384 e. The van der Waals surface area contributed by atoms with E-state index in [9.17, 15) is 0 Å².